The van der Waals surface area contributed by atoms with E-state index in [0.29, 0.717) is 5.69 Å². The lowest BCUT2D eigenvalue weighted by molar-refractivity contribution is -0.0389. The van der Waals surface area contributed by atoms with Crippen molar-refractivity contribution in [2.75, 3.05) is 10.6 Å². The molecule has 0 saturated heterocycles. The van der Waals surface area contributed by atoms with Gasteiger partial charge in [0.05, 0.1) is 4.88 Å². The van der Waals surface area contributed by atoms with Crippen molar-refractivity contribution in [2.45, 2.75) is 24.9 Å². The lowest BCUT2D eigenvalue weighted by Crippen LogP contribution is -2.33. The summed E-state index contributed by atoms with van der Waals surface area (Å²) in [5.41, 5.74) is 1.75. The van der Waals surface area contributed by atoms with Crippen LogP contribution in [0.4, 0.5) is 16.2 Å². The van der Waals surface area contributed by atoms with Crippen LogP contribution in [0.3, 0.4) is 0 Å². The lowest BCUT2D eigenvalue weighted by atomic mass is 9.81. The zero-order valence-electron chi connectivity index (χ0n) is 14.1. The molecule has 132 valence electrons. The fourth-order valence-corrected chi connectivity index (χ4v) is 3.95. The van der Waals surface area contributed by atoms with Crippen LogP contribution in [-0.4, -0.2) is 16.1 Å². The number of aliphatic hydroxyl groups is 1. The Morgan fingerprint density at radius 3 is 2.27 bits per heavy atom. The van der Waals surface area contributed by atoms with E-state index < -0.39 is 5.60 Å². The molecule has 3 aromatic rings. The van der Waals surface area contributed by atoms with E-state index >= 15 is 0 Å². The summed E-state index contributed by atoms with van der Waals surface area (Å²) in [4.78, 5) is 17.4. The van der Waals surface area contributed by atoms with Crippen molar-refractivity contribution < 1.29 is 9.90 Å². The molecule has 1 fully saturated rings. The first-order chi connectivity index (χ1) is 12.6. The van der Waals surface area contributed by atoms with Gasteiger partial charge in [0.2, 0.25) is 0 Å². The van der Waals surface area contributed by atoms with E-state index in [1.807, 2.05) is 54.6 Å². The molecule has 0 aliphatic heterocycles. The lowest BCUT2D eigenvalue weighted by Gasteiger charge is -2.34. The van der Waals surface area contributed by atoms with Crippen LogP contribution in [0.2, 0.25) is 0 Å². The van der Waals surface area contributed by atoms with Gasteiger partial charge in [0.1, 0.15) is 10.6 Å². The Bertz CT molecular complexity index is 902. The second-order valence-electron chi connectivity index (χ2n) is 6.44. The van der Waals surface area contributed by atoms with Crippen molar-refractivity contribution in [1.82, 2.24) is 4.98 Å². The summed E-state index contributed by atoms with van der Waals surface area (Å²) >= 11 is 1.53. The van der Waals surface area contributed by atoms with Gasteiger partial charge in [0.25, 0.3) is 0 Å². The Balaban J connectivity index is 1.41. The molecule has 1 heterocycles. The van der Waals surface area contributed by atoms with Crippen LogP contribution in [0.1, 0.15) is 24.3 Å². The molecule has 6 heteroatoms. The number of urea groups is 1. The molecule has 1 aliphatic rings. The van der Waals surface area contributed by atoms with Gasteiger partial charge in [-0.1, -0.05) is 30.3 Å². The molecule has 3 N–H and O–H groups in total. The number of thiazole rings is 1. The quantitative estimate of drug-likeness (QED) is 0.620. The molecule has 2 aromatic carbocycles. The summed E-state index contributed by atoms with van der Waals surface area (Å²) < 4.78 is 0. The number of nitrogens with one attached hydrogen (secondary N) is 2. The van der Waals surface area contributed by atoms with Crippen molar-refractivity contribution in [3.8, 4) is 10.4 Å². The third-order valence-electron chi connectivity index (χ3n) is 4.54. The number of carbonyl (C=O) groups is 1. The van der Waals surface area contributed by atoms with Crippen LogP contribution in [0.15, 0.2) is 60.8 Å². The number of aromatic nitrogens is 1. The number of nitrogens with zero attached hydrogens (tertiary/aromatic N) is 1. The Kier molecular flexibility index (Phi) is 4.44. The number of para-hydroxylation sites is 1. The van der Waals surface area contributed by atoms with Crippen LogP contribution < -0.4 is 10.6 Å². The zero-order chi connectivity index (χ0) is 18.0. The van der Waals surface area contributed by atoms with E-state index in [-0.39, 0.29) is 6.03 Å². The summed E-state index contributed by atoms with van der Waals surface area (Å²) in [5.74, 6) is 0. The Hall–Kier alpha value is -2.70. The summed E-state index contributed by atoms with van der Waals surface area (Å²) in [6.45, 7) is 0. The number of benzene rings is 2. The molecule has 4 rings (SSSR count). The van der Waals surface area contributed by atoms with Gasteiger partial charge in [-0.05, 0) is 49.1 Å². The predicted molar refractivity (Wildman–Crippen MR) is 104 cm³/mol. The number of carbonyl (C=O) groups excluding carboxylic acids is 1. The number of anilines is 2. The molecular formula is C20H19N3O2S. The Morgan fingerprint density at radius 1 is 1.00 bits per heavy atom. The molecule has 0 bridgehead atoms. The second-order valence-corrected chi connectivity index (χ2v) is 7.47. The monoisotopic (exact) mass is 365 g/mol. The molecule has 0 unspecified atom stereocenters. The molecule has 1 saturated carbocycles. The highest BCUT2D eigenvalue weighted by atomic mass is 32.1. The molecule has 0 radical (unpaired) electrons. The van der Waals surface area contributed by atoms with Crippen molar-refractivity contribution in [2.24, 2.45) is 0 Å². The summed E-state index contributed by atoms with van der Waals surface area (Å²) in [5, 5.41) is 16.8. The van der Waals surface area contributed by atoms with Gasteiger partial charge in [-0.25, -0.2) is 9.78 Å². The average molecular weight is 365 g/mol. The number of hydrogen-bond donors (Lipinski definition) is 3. The molecule has 1 aliphatic carbocycles. The van der Waals surface area contributed by atoms with E-state index in [2.05, 4.69) is 15.6 Å². The normalized spacial score (nSPS) is 15.1. The van der Waals surface area contributed by atoms with E-state index in [1.54, 1.807) is 6.20 Å². The van der Waals surface area contributed by atoms with Crippen LogP contribution in [0.5, 0.6) is 0 Å². The number of rotatable bonds is 4. The van der Waals surface area contributed by atoms with Gasteiger partial charge in [0, 0.05) is 17.6 Å². The highest BCUT2D eigenvalue weighted by Gasteiger charge is 2.39. The van der Waals surface area contributed by atoms with Gasteiger partial charge in [0.15, 0.2) is 0 Å². The van der Waals surface area contributed by atoms with Crippen LogP contribution in [0.25, 0.3) is 10.4 Å². The minimum atomic E-state index is -0.722. The standard InChI is InChI=1S/C20H19N3O2S/c24-19(22-15-5-2-1-3-6-15)23-16-9-7-14(8-10-16)17-13-21-18(26-17)20(25)11-4-12-20/h1-3,5-10,13,25H,4,11-12H2,(H2,22,23,24). The van der Waals surface area contributed by atoms with Gasteiger partial charge < -0.3 is 15.7 Å². The van der Waals surface area contributed by atoms with Gasteiger partial charge >= 0.3 is 6.03 Å². The highest BCUT2D eigenvalue weighted by Crippen LogP contribution is 2.44. The Morgan fingerprint density at radius 2 is 1.65 bits per heavy atom. The van der Waals surface area contributed by atoms with Crippen LogP contribution in [0, 0.1) is 0 Å². The second kappa shape index (κ2) is 6.90. The maximum Gasteiger partial charge on any atom is 0.323 e. The summed E-state index contributed by atoms with van der Waals surface area (Å²) in [6.07, 6.45) is 4.44. The maximum atomic E-state index is 12.0. The van der Waals surface area contributed by atoms with Crippen LogP contribution in [-0.2, 0) is 5.60 Å². The van der Waals surface area contributed by atoms with E-state index in [4.69, 9.17) is 0 Å². The van der Waals surface area contributed by atoms with Crippen molar-refractivity contribution in [3.63, 3.8) is 0 Å². The first kappa shape index (κ1) is 16.8. The average Bonchev–Trinajstić information content (AvgIpc) is 3.11. The molecule has 0 atom stereocenters. The third-order valence-corrected chi connectivity index (χ3v) is 5.78. The first-order valence-corrected chi connectivity index (χ1v) is 9.36. The highest BCUT2D eigenvalue weighted by molar-refractivity contribution is 7.15. The van der Waals surface area contributed by atoms with Gasteiger partial charge in [-0.3, -0.25) is 0 Å². The van der Waals surface area contributed by atoms with Crippen LogP contribution >= 0.6 is 11.3 Å². The van der Waals surface area contributed by atoms with E-state index in [1.165, 1.54) is 11.3 Å². The SMILES string of the molecule is O=C(Nc1ccccc1)Nc1ccc(-c2cnc(C3(O)CCC3)s2)cc1. The molecule has 26 heavy (non-hydrogen) atoms. The Labute approximate surface area is 155 Å². The zero-order valence-corrected chi connectivity index (χ0v) is 14.9. The molecule has 5 nitrogen and oxygen atoms in total. The van der Waals surface area contributed by atoms with Gasteiger partial charge in [-0.15, -0.1) is 11.3 Å². The minimum Gasteiger partial charge on any atom is -0.383 e. The minimum absolute atomic E-state index is 0.281. The third kappa shape index (κ3) is 3.47. The molecule has 1 aromatic heterocycles. The van der Waals surface area contributed by atoms with E-state index in [0.717, 1.165) is 40.4 Å². The molecule has 0 spiro atoms. The smallest absolute Gasteiger partial charge is 0.323 e. The predicted octanol–water partition coefficient (Wildman–Crippen LogP) is 4.83. The number of hydrogen-bond acceptors (Lipinski definition) is 4. The maximum absolute atomic E-state index is 12.0. The topological polar surface area (TPSA) is 74.2 Å². The van der Waals surface area contributed by atoms with E-state index in [9.17, 15) is 9.90 Å². The summed E-state index contributed by atoms with van der Waals surface area (Å²) in [7, 11) is 0. The number of amides is 2. The summed E-state index contributed by atoms with van der Waals surface area (Å²) in [6, 6.07) is 16.6. The largest absolute Gasteiger partial charge is 0.383 e. The fourth-order valence-electron chi connectivity index (χ4n) is 2.88. The van der Waals surface area contributed by atoms with Crippen molar-refractivity contribution in [1.29, 1.82) is 0 Å². The van der Waals surface area contributed by atoms with Crippen molar-refractivity contribution >= 4 is 28.7 Å². The molecule has 2 amide bonds. The molecular weight excluding hydrogens is 346 g/mol. The van der Waals surface area contributed by atoms with Gasteiger partial charge in [-0.2, -0.15) is 0 Å². The fraction of sp³-hybridized carbons (Fsp3) is 0.200. The first-order valence-electron chi connectivity index (χ1n) is 8.55. The van der Waals surface area contributed by atoms with Crippen molar-refractivity contribution in [3.05, 3.63) is 65.8 Å².